The van der Waals surface area contributed by atoms with Crippen molar-refractivity contribution in [3.63, 3.8) is 0 Å². The smallest absolute Gasteiger partial charge is 0.291 e. The van der Waals surface area contributed by atoms with Crippen LogP contribution in [0.3, 0.4) is 0 Å². The van der Waals surface area contributed by atoms with Crippen LogP contribution in [0.1, 0.15) is 64.4 Å². The first kappa shape index (κ1) is 19.9. The summed E-state index contributed by atoms with van der Waals surface area (Å²) in [7, 11) is 0. The van der Waals surface area contributed by atoms with Gasteiger partial charge in [0.1, 0.15) is 5.00 Å². The van der Waals surface area contributed by atoms with Crippen LogP contribution in [0.2, 0.25) is 0 Å². The number of anilines is 1. The number of hydrogen-bond donors (Lipinski definition) is 1. The van der Waals surface area contributed by atoms with Crippen molar-refractivity contribution >= 4 is 22.2 Å². The maximum absolute atomic E-state index is 12.7. The molecule has 1 amide bonds. The Morgan fingerprint density at radius 2 is 1.93 bits per heavy atom. The van der Waals surface area contributed by atoms with Gasteiger partial charge >= 0.3 is 0 Å². The largest absolute Gasteiger partial charge is 0.459 e. The summed E-state index contributed by atoms with van der Waals surface area (Å²) in [5.41, 5.74) is 3.74. The summed E-state index contributed by atoms with van der Waals surface area (Å²) >= 11 is 1.67. The van der Waals surface area contributed by atoms with E-state index in [1.165, 1.54) is 47.1 Å². The molecular formula is C24H28N2O2S. The van der Waals surface area contributed by atoms with Gasteiger partial charge in [-0.05, 0) is 63.0 Å². The van der Waals surface area contributed by atoms with Crippen molar-refractivity contribution in [2.24, 2.45) is 0 Å². The zero-order chi connectivity index (χ0) is 20.2. The molecule has 0 unspecified atom stereocenters. The van der Waals surface area contributed by atoms with E-state index in [-0.39, 0.29) is 11.9 Å². The lowest BCUT2D eigenvalue weighted by Gasteiger charge is -2.35. The van der Waals surface area contributed by atoms with Gasteiger partial charge in [-0.1, -0.05) is 43.2 Å². The molecule has 0 spiro atoms. The maximum atomic E-state index is 12.7. The molecule has 29 heavy (non-hydrogen) atoms. The van der Waals surface area contributed by atoms with Gasteiger partial charge in [0.25, 0.3) is 5.91 Å². The minimum Gasteiger partial charge on any atom is -0.459 e. The topological polar surface area (TPSA) is 45.5 Å². The van der Waals surface area contributed by atoms with E-state index in [0.717, 1.165) is 24.5 Å². The van der Waals surface area contributed by atoms with E-state index >= 15 is 0 Å². The summed E-state index contributed by atoms with van der Waals surface area (Å²) in [4.78, 5) is 16.5. The number of rotatable bonds is 6. The van der Waals surface area contributed by atoms with E-state index in [0.29, 0.717) is 5.76 Å². The molecule has 0 saturated carbocycles. The van der Waals surface area contributed by atoms with Gasteiger partial charge in [-0.25, -0.2) is 0 Å². The Morgan fingerprint density at radius 3 is 2.59 bits per heavy atom. The average molecular weight is 409 g/mol. The lowest BCUT2D eigenvalue weighted by Crippen LogP contribution is -2.34. The van der Waals surface area contributed by atoms with Crippen LogP contribution in [0, 0.1) is 6.92 Å². The van der Waals surface area contributed by atoms with Gasteiger partial charge in [0, 0.05) is 10.4 Å². The molecule has 5 heteroatoms. The molecule has 3 heterocycles. The zero-order valence-electron chi connectivity index (χ0n) is 17.1. The lowest BCUT2D eigenvalue weighted by molar-refractivity contribution is 0.0996. The summed E-state index contributed by atoms with van der Waals surface area (Å²) in [5.74, 6) is 0.148. The third-order valence-electron chi connectivity index (χ3n) is 5.58. The van der Waals surface area contributed by atoms with Gasteiger partial charge in [-0.2, -0.15) is 0 Å². The van der Waals surface area contributed by atoms with Crippen LogP contribution in [0.25, 0.3) is 0 Å². The molecule has 1 aromatic carbocycles. The Morgan fingerprint density at radius 1 is 1.17 bits per heavy atom. The van der Waals surface area contributed by atoms with Crippen molar-refractivity contribution in [3.05, 3.63) is 76.1 Å². The van der Waals surface area contributed by atoms with E-state index in [1.807, 2.05) is 0 Å². The minimum atomic E-state index is -0.193. The van der Waals surface area contributed by atoms with Gasteiger partial charge < -0.3 is 9.73 Å². The summed E-state index contributed by atoms with van der Waals surface area (Å²) in [6.45, 7) is 6.45. The average Bonchev–Trinajstić information content (AvgIpc) is 3.41. The van der Waals surface area contributed by atoms with Crippen molar-refractivity contribution in [3.8, 4) is 0 Å². The number of thiophene rings is 1. The Balaban J connectivity index is 1.73. The third-order valence-corrected chi connectivity index (χ3v) is 6.79. The molecule has 4 rings (SSSR count). The molecule has 3 aromatic rings. The number of carbonyl (C=O) groups excluding carboxylic acids is 1. The number of amides is 1. The molecule has 1 saturated heterocycles. The van der Waals surface area contributed by atoms with Crippen LogP contribution in [-0.2, 0) is 6.42 Å². The fraction of sp³-hybridized carbons (Fsp3) is 0.375. The minimum absolute atomic E-state index is 0.152. The Hall–Kier alpha value is -2.37. The van der Waals surface area contributed by atoms with E-state index < -0.39 is 0 Å². The van der Waals surface area contributed by atoms with Crippen LogP contribution in [0.4, 0.5) is 5.00 Å². The number of benzene rings is 1. The second-order valence-electron chi connectivity index (χ2n) is 7.69. The standard InChI is InChI=1S/C24H28N2O2S/c1-3-19-16-20(24(29-19)25-23(27)21-8-7-15-28-21)22(26-13-5-4-6-14-26)18-11-9-17(2)10-12-18/h7-12,15-16,22H,3-6,13-14H2,1-2H3,(H,25,27)/t22-/m0/s1. The first-order chi connectivity index (χ1) is 14.2. The highest BCUT2D eigenvalue weighted by Crippen LogP contribution is 2.40. The molecule has 1 atom stereocenters. The first-order valence-electron chi connectivity index (χ1n) is 10.4. The van der Waals surface area contributed by atoms with Crippen molar-refractivity contribution in [2.45, 2.75) is 45.6 Å². The SMILES string of the molecule is CCc1cc([C@H](c2ccc(C)cc2)N2CCCCC2)c(NC(=O)c2ccco2)s1. The summed E-state index contributed by atoms with van der Waals surface area (Å²) in [6, 6.07) is 14.7. The van der Waals surface area contributed by atoms with E-state index in [9.17, 15) is 4.79 Å². The van der Waals surface area contributed by atoms with E-state index in [2.05, 4.69) is 54.4 Å². The molecule has 1 aliphatic heterocycles. The van der Waals surface area contributed by atoms with Crippen LogP contribution < -0.4 is 5.32 Å². The highest BCUT2D eigenvalue weighted by molar-refractivity contribution is 7.16. The zero-order valence-corrected chi connectivity index (χ0v) is 17.9. The summed E-state index contributed by atoms with van der Waals surface area (Å²) < 4.78 is 5.30. The number of aryl methyl sites for hydroxylation is 2. The van der Waals surface area contributed by atoms with Gasteiger partial charge in [0.15, 0.2) is 5.76 Å². The predicted molar refractivity (Wildman–Crippen MR) is 119 cm³/mol. The molecule has 0 radical (unpaired) electrons. The molecule has 1 N–H and O–H groups in total. The number of carbonyl (C=O) groups is 1. The molecule has 0 bridgehead atoms. The Labute approximate surface area is 176 Å². The molecular weight excluding hydrogens is 380 g/mol. The predicted octanol–water partition coefficient (Wildman–Crippen LogP) is 6.04. The van der Waals surface area contributed by atoms with Crippen molar-refractivity contribution in [1.82, 2.24) is 4.90 Å². The molecule has 152 valence electrons. The second-order valence-corrected chi connectivity index (χ2v) is 8.83. The number of nitrogens with zero attached hydrogens (tertiary/aromatic N) is 1. The molecule has 1 fully saturated rings. The van der Waals surface area contributed by atoms with Crippen molar-refractivity contribution < 1.29 is 9.21 Å². The van der Waals surface area contributed by atoms with Crippen molar-refractivity contribution in [2.75, 3.05) is 18.4 Å². The lowest BCUT2D eigenvalue weighted by atomic mass is 9.95. The number of furan rings is 1. The molecule has 2 aromatic heterocycles. The summed E-state index contributed by atoms with van der Waals surface area (Å²) in [5, 5.41) is 4.06. The fourth-order valence-electron chi connectivity index (χ4n) is 4.02. The second kappa shape index (κ2) is 8.97. The van der Waals surface area contributed by atoms with Gasteiger partial charge in [-0.3, -0.25) is 9.69 Å². The van der Waals surface area contributed by atoms with Crippen LogP contribution >= 0.6 is 11.3 Å². The van der Waals surface area contributed by atoms with Gasteiger partial charge in [-0.15, -0.1) is 11.3 Å². The first-order valence-corrected chi connectivity index (χ1v) is 11.3. The van der Waals surface area contributed by atoms with Gasteiger partial charge in [0.05, 0.1) is 12.3 Å². The monoisotopic (exact) mass is 408 g/mol. The number of nitrogens with one attached hydrogen (secondary N) is 1. The number of likely N-dealkylation sites (tertiary alicyclic amines) is 1. The van der Waals surface area contributed by atoms with E-state index in [1.54, 1.807) is 23.5 Å². The quantitative estimate of drug-likeness (QED) is 0.541. The van der Waals surface area contributed by atoms with Crippen molar-refractivity contribution in [1.29, 1.82) is 0 Å². The highest BCUT2D eigenvalue weighted by Gasteiger charge is 2.28. The Kier molecular flexibility index (Phi) is 6.16. The maximum Gasteiger partial charge on any atom is 0.291 e. The molecule has 4 nitrogen and oxygen atoms in total. The third kappa shape index (κ3) is 4.46. The van der Waals surface area contributed by atoms with Crippen LogP contribution in [-0.4, -0.2) is 23.9 Å². The van der Waals surface area contributed by atoms with Crippen LogP contribution in [0.15, 0.2) is 53.1 Å². The fourth-order valence-corrected chi connectivity index (χ4v) is 5.04. The highest BCUT2D eigenvalue weighted by atomic mass is 32.1. The molecule has 0 aliphatic carbocycles. The van der Waals surface area contributed by atoms with E-state index in [4.69, 9.17) is 4.42 Å². The number of piperidine rings is 1. The normalized spacial score (nSPS) is 15.9. The molecule has 1 aliphatic rings. The number of hydrogen-bond acceptors (Lipinski definition) is 4. The van der Waals surface area contributed by atoms with Gasteiger partial charge in [0.2, 0.25) is 0 Å². The summed E-state index contributed by atoms with van der Waals surface area (Å²) in [6.07, 6.45) is 6.23. The Bertz CT molecular complexity index is 938. The van der Waals surface area contributed by atoms with Crippen LogP contribution in [0.5, 0.6) is 0 Å².